The third kappa shape index (κ3) is 4.83. The molecule has 0 atom stereocenters. The van der Waals surface area contributed by atoms with Crippen molar-refractivity contribution in [2.24, 2.45) is 20.0 Å². The van der Waals surface area contributed by atoms with Crippen molar-refractivity contribution < 1.29 is 9.53 Å². The number of ether oxygens (including phenoxy) is 1. The largest absolute Gasteiger partial charge is 0.466 e. The van der Waals surface area contributed by atoms with Crippen LogP contribution in [0, 0.1) is 5.92 Å². The van der Waals surface area contributed by atoms with E-state index in [2.05, 4.69) is 10.3 Å². The van der Waals surface area contributed by atoms with Crippen LogP contribution in [0.15, 0.2) is 9.59 Å². The number of aryl methyl sites for hydroxylation is 3. The van der Waals surface area contributed by atoms with Crippen LogP contribution in [0.1, 0.15) is 51.3 Å². The number of unbranched alkanes of at least 4 members (excludes halogenated alkanes) is 1. The summed E-state index contributed by atoms with van der Waals surface area (Å²) in [6, 6.07) is 0. The third-order valence-electron chi connectivity index (χ3n) is 6.01. The Morgan fingerprint density at radius 2 is 1.90 bits per heavy atom. The number of hydrogen-bond donors (Lipinski definition) is 1. The summed E-state index contributed by atoms with van der Waals surface area (Å²) in [7, 11) is 3.51. The van der Waals surface area contributed by atoms with E-state index in [1.807, 2.05) is 11.6 Å². The molecule has 9 nitrogen and oxygen atoms in total. The molecule has 3 rings (SSSR count). The van der Waals surface area contributed by atoms with Crippen LogP contribution in [0.4, 0.5) is 0 Å². The summed E-state index contributed by atoms with van der Waals surface area (Å²) in [5, 5.41) is 3.38. The van der Waals surface area contributed by atoms with Crippen molar-refractivity contribution in [1.82, 2.24) is 24.0 Å². The van der Waals surface area contributed by atoms with Gasteiger partial charge in [0.2, 0.25) is 0 Å². The molecule has 166 valence electrons. The summed E-state index contributed by atoms with van der Waals surface area (Å²) in [6.07, 6.45) is 5.58. The molecule has 2 aromatic heterocycles. The van der Waals surface area contributed by atoms with E-state index in [9.17, 15) is 14.4 Å². The maximum absolute atomic E-state index is 13.1. The first kappa shape index (κ1) is 22.3. The van der Waals surface area contributed by atoms with Gasteiger partial charge in [0.15, 0.2) is 11.2 Å². The number of esters is 1. The lowest BCUT2D eigenvalue weighted by Gasteiger charge is -2.22. The SMILES string of the molecule is CCOC(=O)CCCCn1c(=O)c2c(nc(CCC3CCNCC3)n2C)n(C)c1=O. The first-order chi connectivity index (χ1) is 14.4. The van der Waals surface area contributed by atoms with E-state index in [1.54, 1.807) is 14.0 Å². The number of carbonyl (C=O) groups is 1. The number of rotatable bonds is 9. The van der Waals surface area contributed by atoms with Gasteiger partial charge < -0.3 is 14.6 Å². The molecule has 1 fully saturated rings. The highest BCUT2D eigenvalue weighted by Crippen LogP contribution is 2.19. The van der Waals surface area contributed by atoms with Crippen LogP contribution >= 0.6 is 0 Å². The van der Waals surface area contributed by atoms with Crippen LogP contribution in [0.25, 0.3) is 11.2 Å². The highest BCUT2D eigenvalue weighted by Gasteiger charge is 2.20. The molecular weight excluding hydrogens is 386 g/mol. The Morgan fingerprint density at radius 1 is 1.17 bits per heavy atom. The zero-order valence-electron chi connectivity index (χ0n) is 18.3. The molecule has 1 N–H and O–H groups in total. The smallest absolute Gasteiger partial charge is 0.332 e. The number of imidazole rings is 1. The molecule has 0 spiro atoms. The molecule has 1 aliphatic heterocycles. The van der Waals surface area contributed by atoms with Gasteiger partial charge in [0.25, 0.3) is 5.56 Å². The van der Waals surface area contributed by atoms with Gasteiger partial charge in [-0.25, -0.2) is 9.78 Å². The molecule has 9 heteroatoms. The summed E-state index contributed by atoms with van der Waals surface area (Å²) in [4.78, 5) is 41.9. The molecule has 30 heavy (non-hydrogen) atoms. The van der Waals surface area contributed by atoms with E-state index in [0.29, 0.717) is 36.5 Å². The van der Waals surface area contributed by atoms with Crippen molar-refractivity contribution in [3.05, 3.63) is 26.7 Å². The van der Waals surface area contributed by atoms with Gasteiger partial charge in [-0.2, -0.15) is 0 Å². The highest BCUT2D eigenvalue weighted by atomic mass is 16.5. The van der Waals surface area contributed by atoms with Crippen molar-refractivity contribution in [3.63, 3.8) is 0 Å². The Morgan fingerprint density at radius 3 is 2.60 bits per heavy atom. The van der Waals surface area contributed by atoms with Gasteiger partial charge in [-0.15, -0.1) is 0 Å². The minimum absolute atomic E-state index is 0.252. The molecular formula is C21H33N5O4. The van der Waals surface area contributed by atoms with Crippen molar-refractivity contribution in [1.29, 1.82) is 0 Å². The molecule has 0 amide bonds. The van der Waals surface area contributed by atoms with Crippen LogP contribution in [0.3, 0.4) is 0 Å². The average Bonchev–Trinajstić information content (AvgIpc) is 3.07. The predicted molar refractivity (Wildman–Crippen MR) is 115 cm³/mol. The second-order valence-corrected chi connectivity index (χ2v) is 8.05. The van der Waals surface area contributed by atoms with E-state index >= 15 is 0 Å². The predicted octanol–water partition coefficient (Wildman–Crippen LogP) is 1.10. The van der Waals surface area contributed by atoms with Crippen LogP contribution in [-0.4, -0.2) is 44.4 Å². The molecule has 0 saturated carbocycles. The first-order valence-corrected chi connectivity index (χ1v) is 11.0. The highest BCUT2D eigenvalue weighted by molar-refractivity contribution is 5.71. The molecule has 1 aliphatic rings. The molecule has 0 aliphatic carbocycles. The van der Waals surface area contributed by atoms with Gasteiger partial charge in [-0.05, 0) is 58.0 Å². The number of fused-ring (bicyclic) bond motifs is 1. The summed E-state index contributed by atoms with van der Waals surface area (Å²) in [5.41, 5.74) is 0.220. The summed E-state index contributed by atoms with van der Waals surface area (Å²) < 4.78 is 9.47. The monoisotopic (exact) mass is 419 g/mol. The van der Waals surface area contributed by atoms with Gasteiger partial charge in [-0.1, -0.05) is 0 Å². The third-order valence-corrected chi connectivity index (χ3v) is 6.01. The molecule has 0 radical (unpaired) electrons. The standard InChI is InChI=1S/C21H33N5O4/c1-4-30-17(27)7-5-6-14-26-20(28)18-19(25(3)21(26)29)23-16(24(18)2)9-8-15-10-12-22-13-11-15/h15,22H,4-14H2,1-3H3. The van der Waals surface area contributed by atoms with E-state index < -0.39 is 0 Å². The van der Waals surface area contributed by atoms with Crippen LogP contribution in [0.2, 0.25) is 0 Å². The fourth-order valence-corrected chi connectivity index (χ4v) is 4.19. The minimum Gasteiger partial charge on any atom is -0.466 e. The second-order valence-electron chi connectivity index (χ2n) is 8.05. The minimum atomic E-state index is -0.369. The maximum atomic E-state index is 13.1. The maximum Gasteiger partial charge on any atom is 0.332 e. The topological polar surface area (TPSA) is 100 Å². The number of nitrogens with one attached hydrogen (secondary N) is 1. The number of carbonyl (C=O) groups excluding carboxylic acids is 1. The summed E-state index contributed by atoms with van der Waals surface area (Å²) >= 11 is 0. The number of aromatic nitrogens is 4. The normalized spacial score (nSPS) is 15.0. The lowest BCUT2D eigenvalue weighted by atomic mass is 9.93. The molecule has 0 bridgehead atoms. The zero-order chi connectivity index (χ0) is 21.7. The Balaban J connectivity index is 1.77. The zero-order valence-corrected chi connectivity index (χ0v) is 18.3. The van der Waals surface area contributed by atoms with Crippen molar-refractivity contribution in [3.8, 4) is 0 Å². The summed E-state index contributed by atoms with van der Waals surface area (Å²) in [6.45, 7) is 4.52. The first-order valence-electron chi connectivity index (χ1n) is 11.0. The number of hydrogen-bond acceptors (Lipinski definition) is 6. The van der Waals surface area contributed by atoms with Crippen molar-refractivity contribution >= 4 is 17.1 Å². The Labute approximate surface area is 176 Å². The fraction of sp³-hybridized carbons (Fsp3) is 0.714. The van der Waals surface area contributed by atoms with E-state index in [4.69, 9.17) is 4.74 Å². The number of nitrogens with zero attached hydrogens (tertiary/aromatic N) is 4. The molecule has 3 heterocycles. The molecule has 0 unspecified atom stereocenters. The average molecular weight is 420 g/mol. The van der Waals surface area contributed by atoms with Crippen LogP contribution < -0.4 is 16.6 Å². The van der Waals surface area contributed by atoms with Gasteiger partial charge in [0.1, 0.15) is 5.82 Å². The van der Waals surface area contributed by atoms with Gasteiger partial charge >= 0.3 is 11.7 Å². The lowest BCUT2D eigenvalue weighted by Crippen LogP contribution is -2.39. The van der Waals surface area contributed by atoms with E-state index in [1.165, 1.54) is 22.0 Å². The fourth-order valence-electron chi connectivity index (χ4n) is 4.19. The molecule has 0 aromatic carbocycles. The Bertz CT molecular complexity index is 997. The molecule has 2 aromatic rings. The Kier molecular flexibility index (Phi) is 7.47. The van der Waals surface area contributed by atoms with Gasteiger partial charge in [0, 0.05) is 33.5 Å². The second kappa shape index (κ2) is 10.1. The lowest BCUT2D eigenvalue weighted by molar-refractivity contribution is -0.143. The Hall–Kier alpha value is -2.42. The quantitative estimate of drug-likeness (QED) is 0.483. The van der Waals surface area contributed by atoms with Gasteiger partial charge in [0.05, 0.1) is 6.61 Å². The number of piperidine rings is 1. The van der Waals surface area contributed by atoms with Crippen molar-refractivity contribution in [2.75, 3.05) is 19.7 Å². The van der Waals surface area contributed by atoms with E-state index in [-0.39, 0.29) is 30.2 Å². The molecule has 1 saturated heterocycles. The van der Waals surface area contributed by atoms with Crippen molar-refractivity contribution in [2.45, 2.75) is 58.4 Å². The van der Waals surface area contributed by atoms with Gasteiger partial charge in [-0.3, -0.25) is 18.7 Å². The summed E-state index contributed by atoms with van der Waals surface area (Å²) in [5.74, 6) is 1.26. The van der Waals surface area contributed by atoms with Crippen LogP contribution in [-0.2, 0) is 36.6 Å². The van der Waals surface area contributed by atoms with Crippen LogP contribution in [0.5, 0.6) is 0 Å². The van der Waals surface area contributed by atoms with E-state index in [0.717, 1.165) is 31.8 Å².